The Labute approximate surface area is 145 Å². The summed E-state index contributed by atoms with van der Waals surface area (Å²) >= 11 is 0. The molecule has 4 rings (SSSR count). The lowest BCUT2D eigenvalue weighted by molar-refractivity contribution is -0.125. The molecule has 7 heteroatoms. The fourth-order valence-corrected chi connectivity index (χ4v) is 2.82. The summed E-state index contributed by atoms with van der Waals surface area (Å²) in [6.45, 7) is 3.31. The highest BCUT2D eigenvalue weighted by Crippen LogP contribution is 2.31. The van der Waals surface area contributed by atoms with E-state index in [1.165, 1.54) is 0 Å². The van der Waals surface area contributed by atoms with Gasteiger partial charge in [-0.05, 0) is 24.3 Å². The average Bonchev–Trinajstić information content (AvgIpc) is 2.69. The minimum absolute atomic E-state index is 0.175. The Balaban J connectivity index is 1.38. The normalized spacial score (nSPS) is 19.4. The van der Waals surface area contributed by atoms with Gasteiger partial charge in [0.25, 0.3) is 5.91 Å². The van der Waals surface area contributed by atoms with Crippen molar-refractivity contribution in [1.82, 2.24) is 4.98 Å². The molecule has 0 saturated carbocycles. The molecule has 1 amide bonds. The molecule has 7 nitrogen and oxygen atoms in total. The molecule has 1 fully saturated rings. The van der Waals surface area contributed by atoms with Crippen LogP contribution < -0.4 is 19.7 Å². The van der Waals surface area contributed by atoms with Crippen LogP contribution in [0, 0.1) is 0 Å². The van der Waals surface area contributed by atoms with Gasteiger partial charge in [-0.25, -0.2) is 4.98 Å². The Hall–Kier alpha value is -2.80. The number of nitrogens with zero attached hydrogens (tertiary/aromatic N) is 2. The van der Waals surface area contributed by atoms with Gasteiger partial charge in [-0.2, -0.15) is 0 Å². The molecule has 1 N–H and O–H groups in total. The largest absolute Gasteiger partial charge is 0.485 e. The molecule has 0 spiro atoms. The monoisotopic (exact) mass is 341 g/mol. The summed E-state index contributed by atoms with van der Waals surface area (Å²) in [5, 5.41) is 2.77. The maximum absolute atomic E-state index is 12.4. The summed E-state index contributed by atoms with van der Waals surface area (Å²) in [5.74, 6) is 1.44. The van der Waals surface area contributed by atoms with Gasteiger partial charge >= 0.3 is 0 Å². The Morgan fingerprint density at radius 2 is 1.92 bits per heavy atom. The number of carbonyl (C=O) groups is 1. The van der Waals surface area contributed by atoms with Gasteiger partial charge in [-0.15, -0.1) is 0 Å². The van der Waals surface area contributed by atoms with Gasteiger partial charge in [-0.3, -0.25) is 4.79 Å². The molecule has 2 aliphatic heterocycles. The van der Waals surface area contributed by atoms with Crippen LogP contribution in [-0.4, -0.2) is 49.9 Å². The van der Waals surface area contributed by atoms with Crippen LogP contribution in [-0.2, 0) is 9.53 Å². The molecule has 130 valence electrons. The Morgan fingerprint density at radius 3 is 2.68 bits per heavy atom. The number of aromatic nitrogens is 1. The van der Waals surface area contributed by atoms with Gasteiger partial charge in [0.05, 0.1) is 25.1 Å². The first-order chi connectivity index (χ1) is 12.3. The Morgan fingerprint density at radius 1 is 1.12 bits per heavy atom. The van der Waals surface area contributed by atoms with Crippen molar-refractivity contribution in [1.29, 1.82) is 0 Å². The van der Waals surface area contributed by atoms with Crippen LogP contribution in [0.1, 0.15) is 0 Å². The zero-order chi connectivity index (χ0) is 17.1. The first-order valence-corrected chi connectivity index (χ1v) is 8.28. The number of pyridine rings is 1. The van der Waals surface area contributed by atoms with E-state index >= 15 is 0 Å². The molecule has 1 aromatic carbocycles. The van der Waals surface area contributed by atoms with Gasteiger partial charge in [0, 0.05) is 13.1 Å². The third-order valence-corrected chi connectivity index (χ3v) is 4.18. The SMILES string of the molecule is O=C(Nc1ccc(N2CCOCC2)cn1)[C@@H]1COc2ccccc2O1. The number of nitrogens with one attached hydrogen (secondary N) is 1. The van der Waals surface area contributed by atoms with Crippen LogP contribution >= 0.6 is 0 Å². The Kier molecular flexibility index (Phi) is 4.39. The predicted octanol–water partition coefficient (Wildman–Crippen LogP) is 1.70. The molecule has 3 heterocycles. The smallest absolute Gasteiger partial charge is 0.270 e. The highest BCUT2D eigenvalue weighted by atomic mass is 16.6. The number of ether oxygens (including phenoxy) is 3. The third-order valence-electron chi connectivity index (χ3n) is 4.18. The summed E-state index contributed by atoms with van der Waals surface area (Å²) < 4.78 is 16.6. The van der Waals surface area contributed by atoms with Crippen molar-refractivity contribution in [2.75, 3.05) is 43.1 Å². The number of benzene rings is 1. The second-order valence-electron chi connectivity index (χ2n) is 5.85. The van der Waals surface area contributed by atoms with Crippen LogP contribution in [0.25, 0.3) is 0 Å². The number of morpholine rings is 1. The predicted molar refractivity (Wildman–Crippen MR) is 92.3 cm³/mol. The zero-order valence-corrected chi connectivity index (χ0v) is 13.7. The van der Waals surface area contributed by atoms with E-state index in [1.807, 2.05) is 24.3 Å². The van der Waals surface area contributed by atoms with E-state index < -0.39 is 6.10 Å². The van der Waals surface area contributed by atoms with Gasteiger partial charge in [0.1, 0.15) is 12.4 Å². The quantitative estimate of drug-likeness (QED) is 0.916. The van der Waals surface area contributed by atoms with Gasteiger partial charge in [-0.1, -0.05) is 12.1 Å². The lowest BCUT2D eigenvalue weighted by Gasteiger charge is -2.28. The van der Waals surface area contributed by atoms with Crippen LogP contribution in [0.5, 0.6) is 11.5 Å². The highest BCUT2D eigenvalue weighted by Gasteiger charge is 2.27. The van der Waals surface area contributed by atoms with Crippen molar-refractivity contribution < 1.29 is 19.0 Å². The molecule has 2 aromatic rings. The van der Waals surface area contributed by atoms with Crippen molar-refractivity contribution in [3.8, 4) is 11.5 Å². The van der Waals surface area contributed by atoms with E-state index in [2.05, 4.69) is 15.2 Å². The number of hydrogen-bond donors (Lipinski definition) is 1. The maximum atomic E-state index is 12.4. The van der Waals surface area contributed by atoms with E-state index in [-0.39, 0.29) is 12.5 Å². The number of para-hydroxylation sites is 2. The number of amides is 1. The van der Waals surface area contributed by atoms with E-state index in [1.54, 1.807) is 18.3 Å². The van der Waals surface area contributed by atoms with Crippen molar-refractivity contribution in [3.63, 3.8) is 0 Å². The van der Waals surface area contributed by atoms with E-state index in [0.29, 0.717) is 17.3 Å². The summed E-state index contributed by atoms with van der Waals surface area (Å²) in [4.78, 5) is 18.9. The van der Waals surface area contributed by atoms with E-state index in [9.17, 15) is 4.79 Å². The van der Waals surface area contributed by atoms with Crippen molar-refractivity contribution >= 4 is 17.4 Å². The second kappa shape index (κ2) is 6.98. The molecule has 1 aromatic heterocycles. The summed E-state index contributed by atoms with van der Waals surface area (Å²) in [6, 6.07) is 11.0. The minimum atomic E-state index is -0.699. The molecule has 1 saturated heterocycles. The number of carbonyl (C=O) groups excluding carboxylic acids is 1. The van der Waals surface area contributed by atoms with Crippen LogP contribution in [0.3, 0.4) is 0 Å². The standard InChI is InChI=1S/C18H19N3O4/c22-18(16-12-24-14-3-1-2-4-15(14)25-16)20-17-6-5-13(11-19-17)21-7-9-23-10-8-21/h1-6,11,16H,7-10,12H2,(H,19,20,22)/t16-/m0/s1. The topological polar surface area (TPSA) is 72.9 Å². The summed E-state index contributed by atoms with van der Waals surface area (Å²) in [5.41, 5.74) is 1.02. The van der Waals surface area contributed by atoms with E-state index in [0.717, 1.165) is 32.0 Å². The molecule has 0 bridgehead atoms. The van der Waals surface area contributed by atoms with Crippen LogP contribution in [0.2, 0.25) is 0 Å². The fourth-order valence-electron chi connectivity index (χ4n) is 2.82. The Bertz CT molecular complexity index is 744. The van der Waals surface area contributed by atoms with Gasteiger partial charge in [0.2, 0.25) is 6.10 Å². The molecular formula is C18H19N3O4. The number of rotatable bonds is 3. The highest BCUT2D eigenvalue weighted by molar-refractivity contribution is 5.94. The van der Waals surface area contributed by atoms with Crippen LogP contribution in [0.4, 0.5) is 11.5 Å². The maximum Gasteiger partial charge on any atom is 0.270 e. The molecule has 0 radical (unpaired) electrons. The minimum Gasteiger partial charge on any atom is -0.485 e. The van der Waals surface area contributed by atoms with Crippen LogP contribution in [0.15, 0.2) is 42.6 Å². The molecule has 0 unspecified atom stereocenters. The lowest BCUT2D eigenvalue weighted by Crippen LogP contribution is -2.40. The number of fused-ring (bicyclic) bond motifs is 1. The zero-order valence-electron chi connectivity index (χ0n) is 13.7. The van der Waals surface area contributed by atoms with Crippen molar-refractivity contribution in [3.05, 3.63) is 42.6 Å². The second-order valence-corrected chi connectivity index (χ2v) is 5.85. The van der Waals surface area contributed by atoms with Crippen molar-refractivity contribution in [2.45, 2.75) is 6.10 Å². The van der Waals surface area contributed by atoms with E-state index in [4.69, 9.17) is 14.2 Å². The fraction of sp³-hybridized carbons (Fsp3) is 0.333. The first-order valence-electron chi connectivity index (χ1n) is 8.28. The third kappa shape index (κ3) is 3.51. The molecule has 25 heavy (non-hydrogen) atoms. The summed E-state index contributed by atoms with van der Waals surface area (Å²) in [6.07, 6.45) is 1.06. The molecule has 1 atom stereocenters. The molecule has 2 aliphatic rings. The molecular weight excluding hydrogens is 322 g/mol. The van der Waals surface area contributed by atoms with Gasteiger partial charge < -0.3 is 24.4 Å². The first kappa shape index (κ1) is 15.7. The molecule has 0 aliphatic carbocycles. The van der Waals surface area contributed by atoms with Crippen molar-refractivity contribution in [2.24, 2.45) is 0 Å². The number of anilines is 2. The lowest BCUT2D eigenvalue weighted by atomic mass is 10.2. The van der Waals surface area contributed by atoms with Gasteiger partial charge in [0.15, 0.2) is 11.5 Å². The average molecular weight is 341 g/mol. The summed E-state index contributed by atoms with van der Waals surface area (Å²) in [7, 11) is 0. The number of hydrogen-bond acceptors (Lipinski definition) is 6.